The molecule has 0 bridgehead atoms. The first-order valence-electron chi connectivity index (χ1n) is 6.11. The molecule has 0 aromatic carbocycles. The molecule has 6 nitrogen and oxygen atoms in total. The molecule has 0 fully saturated rings. The van der Waals surface area contributed by atoms with Crippen LogP contribution in [0.4, 0.5) is 0 Å². The van der Waals surface area contributed by atoms with Crippen LogP contribution in [-0.4, -0.2) is 23.2 Å². The summed E-state index contributed by atoms with van der Waals surface area (Å²) in [4.78, 5) is 0.219. The van der Waals surface area contributed by atoms with Crippen molar-refractivity contribution in [1.29, 1.82) is 0 Å². The summed E-state index contributed by atoms with van der Waals surface area (Å²) in [6.45, 7) is 6.20. The van der Waals surface area contributed by atoms with Gasteiger partial charge in [0.2, 0.25) is 0 Å². The molecule has 19 heavy (non-hydrogen) atoms. The van der Waals surface area contributed by atoms with E-state index in [1.54, 1.807) is 6.92 Å². The lowest BCUT2D eigenvalue weighted by atomic mass is 10.4. The number of furan rings is 1. The third-order valence-corrected chi connectivity index (χ3v) is 4.66. The maximum absolute atomic E-state index is 12.3. The normalized spacial score (nSPS) is 11.9. The standard InChI is InChI=1S/C12H17N3O3S/c1-4-6-15-10(3)13-14-12(15)8-19(16,17)11-5-7-18-9(11)2/h5,7H,4,6,8H2,1-3H3. The smallest absolute Gasteiger partial charge is 0.189 e. The van der Waals surface area contributed by atoms with E-state index in [-0.39, 0.29) is 10.6 Å². The lowest BCUT2D eigenvalue weighted by molar-refractivity contribution is 0.522. The molecule has 0 radical (unpaired) electrons. The summed E-state index contributed by atoms with van der Waals surface area (Å²) in [5.74, 6) is 1.45. The van der Waals surface area contributed by atoms with Gasteiger partial charge in [0.05, 0.1) is 6.26 Å². The van der Waals surface area contributed by atoms with Gasteiger partial charge in [0, 0.05) is 6.54 Å². The molecule has 0 N–H and O–H groups in total. The van der Waals surface area contributed by atoms with Crippen LogP contribution in [0.15, 0.2) is 21.6 Å². The van der Waals surface area contributed by atoms with E-state index in [1.165, 1.54) is 12.3 Å². The Labute approximate surface area is 112 Å². The quantitative estimate of drug-likeness (QED) is 0.837. The van der Waals surface area contributed by atoms with Gasteiger partial charge in [-0.2, -0.15) is 0 Å². The maximum Gasteiger partial charge on any atom is 0.189 e. The minimum atomic E-state index is -3.45. The van der Waals surface area contributed by atoms with Crippen LogP contribution in [0.25, 0.3) is 0 Å². The van der Waals surface area contributed by atoms with Crippen molar-refractivity contribution in [1.82, 2.24) is 14.8 Å². The zero-order chi connectivity index (χ0) is 14.0. The second-order valence-corrected chi connectivity index (χ2v) is 6.37. The van der Waals surface area contributed by atoms with Crippen LogP contribution < -0.4 is 0 Å². The lowest BCUT2D eigenvalue weighted by Gasteiger charge is -2.07. The van der Waals surface area contributed by atoms with Gasteiger partial charge in [-0.3, -0.25) is 0 Å². The fourth-order valence-electron chi connectivity index (χ4n) is 1.99. The molecule has 0 aliphatic rings. The van der Waals surface area contributed by atoms with Gasteiger partial charge in [-0.1, -0.05) is 6.92 Å². The van der Waals surface area contributed by atoms with E-state index in [2.05, 4.69) is 10.2 Å². The summed E-state index contributed by atoms with van der Waals surface area (Å²) >= 11 is 0. The zero-order valence-electron chi connectivity index (χ0n) is 11.3. The van der Waals surface area contributed by atoms with Gasteiger partial charge in [-0.25, -0.2) is 8.42 Å². The first-order chi connectivity index (χ1) is 8.95. The molecule has 0 amide bonds. The molecule has 0 aliphatic carbocycles. The van der Waals surface area contributed by atoms with Gasteiger partial charge in [0.15, 0.2) is 9.84 Å². The van der Waals surface area contributed by atoms with Crippen LogP contribution >= 0.6 is 0 Å². The number of hydrogen-bond donors (Lipinski definition) is 0. The molecule has 0 unspecified atom stereocenters. The third kappa shape index (κ3) is 2.70. The van der Waals surface area contributed by atoms with Crippen LogP contribution in [0.5, 0.6) is 0 Å². The Balaban J connectivity index is 2.34. The van der Waals surface area contributed by atoms with Crippen molar-refractivity contribution in [2.45, 2.75) is 44.4 Å². The highest BCUT2D eigenvalue weighted by Crippen LogP contribution is 2.20. The van der Waals surface area contributed by atoms with Crippen molar-refractivity contribution in [2.75, 3.05) is 0 Å². The topological polar surface area (TPSA) is 78.0 Å². The Morgan fingerprint density at radius 1 is 1.32 bits per heavy atom. The van der Waals surface area contributed by atoms with E-state index in [0.29, 0.717) is 18.1 Å². The molecule has 2 aromatic rings. The van der Waals surface area contributed by atoms with E-state index < -0.39 is 9.84 Å². The molecule has 0 atom stereocenters. The van der Waals surface area contributed by atoms with Crippen LogP contribution in [0.3, 0.4) is 0 Å². The summed E-state index contributed by atoms with van der Waals surface area (Å²) < 4.78 is 31.5. The van der Waals surface area contributed by atoms with E-state index in [4.69, 9.17) is 4.42 Å². The largest absolute Gasteiger partial charge is 0.468 e. The fraction of sp³-hybridized carbons (Fsp3) is 0.500. The molecule has 0 aliphatic heterocycles. The van der Waals surface area contributed by atoms with Gasteiger partial charge in [0.1, 0.15) is 28.1 Å². The van der Waals surface area contributed by atoms with Crippen LogP contribution in [0.1, 0.15) is 30.8 Å². The van der Waals surface area contributed by atoms with Gasteiger partial charge >= 0.3 is 0 Å². The van der Waals surface area contributed by atoms with Crippen molar-refractivity contribution < 1.29 is 12.8 Å². The summed E-state index contributed by atoms with van der Waals surface area (Å²) in [5, 5.41) is 7.91. The Morgan fingerprint density at radius 3 is 2.63 bits per heavy atom. The summed E-state index contributed by atoms with van der Waals surface area (Å²) in [6.07, 6.45) is 2.28. The highest BCUT2D eigenvalue weighted by atomic mass is 32.2. The molecule has 2 rings (SSSR count). The van der Waals surface area contributed by atoms with Gasteiger partial charge in [-0.05, 0) is 26.3 Å². The monoisotopic (exact) mass is 283 g/mol. The predicted octanol–water partition coefficient (Wildman–Crippen LogP) is 1.87. The van der Waals surface area contributed by atoms with E-state index >= 15 is 0 Å². The van der Waals surface area contributed by atoms with Crippen molar-refractivity contribution in [3.8, 4) is 0 Å². The Bertz CT molecular complexity index is 670. The van der Waals surface area contributed by atoms with Gasteiger partial charge in [0.25, 0.3) is 0 Å². The lowest BCUT2D eigenvalue weighted by Crippen LogP contribution is -2.12. The number of hydrogen-bond acceptors (Lipinski definition) is 5. The maximum atomic E-state index is 12.3. The fourth-order valence-corrected chi connectivity index (χ4v) is 3.45. The summed E-state index contributed by atoms with van der Waals surface area (Å²) in [7, 11) is -3.45. The average molecular weight is 283 g/mol. The summed E-state index contributed by atoms with van der Waals surface area (Å²) in [5.41, 5.74) is 0. The first-order valence-corrected chi connectivity index (χ1v) is 7.76. The predicted molar refractivity (Wildman–Crippen MR) is 69.4 cm³/mol. The van der Waals surface area contributed by atoms with Crippen LogP contribution in [-0.2, 0) is 22.1 Å². The first kappa shape index (κ1) is 13.8. The van der Waals surface area contributed by atoms with Gasteiger partial charge < -0.3 is 8.98 Å². The number of rotatable bonds is 5. The minimum Gasteiger partial charge on any atom is -0.468 e. The molecule has 7 heteroatoms. The SMILES string of the molecule is CCCn1c(C)nnc1CS(=O)(=O)c1ccoc1C. The molecule has 0 spiro atoms. The molecular weight excluding hydrogens is 266 g/mol. The number of sulfone groups is 1. The second-order valence-electron chi connectivity index (χ2n) is 4.42. The Hall–Kier alpha value is -1.63. The number of nitrogens with zero attached hydrogens (tertiary/aromatic N) is 3. The molecule has 0 saturated carbocycles. The van der Waals surface area contributed by atoms with Crippen LogP contribution in [0, 0.1) is 13.8 Å². The van der Waals surface area contributed by atoms with Crippen molar-refractivity contribution in [3.05, 3.63) is 29.7 Å². The molecular formula is C12H17N3O3S. The minimum absolute atomic E-state index is 0.159. The molecule has 0 saturated heterocycles. The zero-order valence-corrected chi connectivity index (χ0v) is 12.1. The highest BCUT2D eigenvalue weighted by molar-refractivity contribution is 7.90. The Kier molecular flexibility index (Phi) is 3.75. The highest BCUT2D eigenvalue weighted by Gasteiger charge is 2.23. The Morgan fingerprint density at radius 2 is 2.05 bits per heavy atom. The molecule has 2 aromatic heterocycles. The van der Waals surface area contributed by atoms with Crippen molar-refractivity contribution in [3.63, 3.8) is 0 Å². The third-order valence-electron chi connectivity index (χ3n) is 2.92. The van der Waals surface area contributed by atoms with Crippen molar-refractivity contribution in [2.24, 2.45) is 0 Å². The van der Waals surface area contributed by atoms with Crippen LogP contribution in [0.2, 0.25) is 0 Å². The van der Waals surface area contributed by atoms with Gasteiger partial charge in [-0.15, -0.1) is 10.2 Å². The van der Waals surface area contributed by atoms with E-state index in [9.17, 15) is 8.42 Å². The van der Waals surface area contributed by atoms with E-state index in [1.807, 2.05) is 18.4 Å². The molecule has 104 valence electrons. The average Bonchev–Trinajstić information content (AvgIpc) is 2.90. The number of aryl methyl sites for hydroxylation is 2. The summed E-state index contributed by atoms with van der Waals surface area (Å²) in [6, 6.07) is 1.47. The van der Waals surface area contributed by atoms with E-state index in [0.717, 1.165) is 12.2 Å². The number of aromatic nitrogens is 3. The molecule has 2 heterocycles. The second kappa shape index (κ2) is 5.16. The van der Waals surface area contributed by atoms with Crippen molar-refractivity contribution >= 4 is 9.84 Å².